The van der Waals surface area contributed by atoms with Crippen molar-refractivity contribution >= 4 is 27.3 Å². The van der Waals surface area contributed by atoms with Crippen LogP contribution in [0.5, 0.6) is 0 Å². The number of halogens is 1. The zero-order valence-electron chi connectivity index (χ0n) is 17.8. The van der Waals surface area contributed by atoms with Crippen molar-refractivity contribution in [2.24, 2.45) is 11.8 Å². The summed E-state index contributed by atoms with van der Waals surface area (Å²) in [4.78, 5) is 2.82. The zero-order chi connectivity index (χ0) is 21.4. The number of sulfonamides is 1. The molecule has 0 spiro atoms. The van der Waals surface area contributed by atoms with Crippen molar-refractivity contribution in [2.45, 2.75) is 49.8 Å². The van der Waals surface area contributed by atoms with Gasteiger partial charge in [0.25, 0.3) is 10.0 Å². The maximum atomic E-state index is 12.7. The number of hydrogen-bond donors (Lipinski definition) is 1. The van der Waals surface area contributed by atoms with E-state index in [4.69, 9.17) is 11.6 Å². The van der Waals surface area contributed by atoms with Crippen LogP contribution < -0.4 is 4.72 Å². The maximum Gasteiger partial charge on any atom is 0.261 e. The van der Waals surface area contributed by atoms with Crippen LogP contribution in [0.25, 0.3) is 0 Å². The number of benzene rings is 2. The monoisotopic (exact) mass is 446 g/mol. The van der Waals surface area contributed by atoms with Crippen LogP contribution in [0.3, 0.4) is 0 Å². The molecule has 1 saturated carbocycles. The molecule has 0 aromatic heterocycles. The van der Waals surface area contributed by atoms with E-state index >= 15 is 0 Å². The lowest BCUT2D eigenvalue weighted by Crippen LogP contribution is -2.30. The first-order valence-corrected chi connectivity index (χ1v) is 12.8. The number of hydrogen-bond acceptors (Lipinski definition) is 3. The van der Waals surface area contributed by atoms with E-state index in [2.05, 4.69) is 29.5 Å². The number of unbranched alkanes of at least 4 members (excludes halogenated alkanes) is 3. The molecule has 0 amide bonds. The number of rotatable bonds is 9. The second-order valence-electron chi connectivity index (χ2n) is 8.96. The minimum Gasteiger partial charge on any atom is -0.303 e. The van der Waals surface area contributed by atoms with Gasteiger partial charge >= 0.3 is 0 Å². The lowest BCUT2D eigenvalue weighted by molar-refractivity contribution is 0.271. The molecule has 0 radical (unpaired) electrons. The van der Waals surface area contributed by atoms with Gasteiger partial charge in [0.2, 0.25) is 0 Å². The molecule has 162 valence electrons. The number of fused-ring (bicyclic) bond motifs is 1. The van der Waals surface area contributed by atoms with Gasteiger partial charge in [-0.05, 0) is 66.8 Å². The Hall–Kier alpha value is -1.56. The van der Waals surface area contributed by atoms with Crippen LogP contribution in [0.2, 0.25) is 5.02 Å². The van der Waals surface area contributed by atoms with E-state index in [0.717, 1.165) is 13.1 Å². The lowest BCUT2D eigenvalue weighted by Gasteiger charge is -2.24. The Kier molecular flexibility index (Phi) is 6.16. The summed E-state index contributed by atoms with van der Waals surface area (Å²) in [6.45, 7) is 8.12. The Morgan fingerprint density at radius 2 is 1.77 bits per heavy atom. The normalized spacial score (nSPS) is 25.8. The summed E-state index contributed by atoms with van der Waals surface area (Å²) in [6, 6.07) is 14.2. The molecule has 4 rings (SSSR count). The molecule has 1 saturated heterocycles. The van der Waals surface area contributed by atoms with Gasteiger partial charge in [-0.3, -0.25) is 4.72 Å². The largest absolute Gasteiger partial charge is 0.303 e. The average Bonchev–Trinajstić information content (AvgIpc) is 3.07. The molecule has 1 aliphatic carbocycles. The standard InChI is InChI=1S/C24H31ClN2O2S/c1-3-4-5-6-14-27-16-22-23(17-27)24(22,2)18-8-7-9-20(15-18)26-30(28,29)21-12-10-19(25)11-13-21/h7-13,15,22-23,26H,3-6,14,16-17H2,1-2H3. The van der Waals surface area contributed by atoms with E-state index in [1.807, 2.05) is 18.2 Å². The highest BCUT2D eigenvalue weighted by Gasteiger charge is 2.65. The van der Waals surface area contributed by atoms with Crippen molar-refractivity contribution < 1.29 is 8.42 Å². The zero-order valence-corrected chi connectivity index (χ0v) is 19.3. The van der Waals surface area contributed by atoms with E-state index in [1.165, 1.54) is 49.9 Å². The molecule has 0 bridgehead atoms. The predicted octanol–water partition coefficient (Wildman–Crippen LogP) is 5.54. The molecule has 2 fully saturated rings. The molecule has 2 unspecified atom stereocenters. The summed E-state index contributed by atoms with van der Waals surface area (Å²) >= 11 is 5.88. The molecular formula is C24H31ClN2O2S. The van der Waals surface area contributed by atoms with E-state index in [9.17, 15) is 8.42 Å². The third kappa shape index (κ3) is 4.25. The Morgan fingerprint density at radius 3 is 2.43 bits per heavy atom. The topological polar surface area (TPSA) is 49.4 Å². The van der Waals surface area contributed by atoms with Gasteiger partial charge in [0, 0.05) is 29.2 Å². The van der Waals surface area contributed by atoms with Crippen molar-refractivity contribution in [1.82, 2.24) is 4.90 Å². The number of likely N-dealkylation sites (tertiary alicyclic amines) is 1. The molecule has 4 nitrogen and oxygen atoms in total. The fourth-order valence-corrected chi connectivity index (χ4v) is 6.26. The van der Waals surface area contributed by atoms with Crippen LogP contribution in [-0.2, 0) is 15.4 Å². The van der Waals surface area contributed by atoms with Gasteiger partial charge in [0.1, 0.15) is 0 Å². The molecular weight excluding hydrogens is 416 g/mol. The summed E-state index contributed by atoms with van der Waals surface area (Å²) in [5.74, 6) is 1.35. The smallest absolute Gasteiger partial charge is 0.261 e. The summed E-state index contributed by atoms with van der Waals surface area (Å²) in [6.07, 6.45) is 5.24. The molecule has 2 atom stereocenters. The first kappa shape index (κ1) is 21.7. The SMILES string of the molecule is CCCCCCN1CC2C(C1)C2(C)c1cccc(NS(=O)(=O)c2ccc(Cl)cc2)c1. The van der Waals surface area contributed by atoms with Crippen LogP contribution in [0.1, 0.15) is 45.1 Å². The summed E-state index contributed by atoms with van der Waals surface area (Å²) in [7, 11) is -3.63. The Bertz CT molecular complexity index is 979. The quantitative estimate of drug-likeness (QED) is 0.514. The third-order valence-corrected chi connectivity index (χ3v) is 8.66. The van der Waals surface area contributed by atoms with Gasteiger partial charge in [-0.25, -0.2) is 8.42 Å². The molecule has 30 heavy (non-hydrogen) atoms. The predicted molar refractivity (Wildman–Crippen MR) is 124 cm³/mol. The third-order valence-electron chi connectivity index (χ3n) is 7.02. The van der Waals surface area contributed by atoms with E-state index in [0.29, 0.717) is 22.5 Å². The van der Waals surface area contributed by atoms with E-state index in [1.54, 1.807) is 12.1 Å². The molecule has 2 aliphatic rings. The highest BCUT2D eigenvalue weighted by atomic mass is 35.5. The minimum atomic E-state index is -3.63. The van der Waals surface area contributed by atoms with Crippen LogP contribution in [-0.4, -0.2) is 33.0 Å². The number of piperidine rings is 1. The summed E-state index contributed by atoms with van der Waals surface area (Å²) < 4.78 is 28.2. The van der Waals surface area contributed by atoms with Crippen molar-refractivity contribution in [2.75, 3.05) is 24.4 Å². The number of nitrogens with one attached hydrogen (secondary N) is 1. The fourth-order valence-electron chi connectivity index (χ4n) is 5.08. The van der Waals surface area contributed by atoms with Gasteiger partial charge in [0.05, 0.1) is 4.90 Å². The van der Waals surface area contributed by atoms with Crippen molar-refractivity contribution in [3.8, 4) is 0 Å². The van der Waals surface area contributed by atoms with Gasteiger partial charge < -0.3 is 4.90 Å². The number of anilines is 1. The van der Waals surface area contributed by atoms with Crippen molar-refractivity contribution in [3.05, 3.63) is 59.1 Å². The van der Waals surface area contributed by atoms with Crippen molar-refractivity contribution in [1.29, 1.82) is 0 Å². The Labute approximate surface area is 185 Å². The second-order valence-corrected chi connectivity index (χ2v) is 11.1. The molecule has 1 N–H and O–H groups in total. The van der Waals surface area contributed by atoms with Crippen LogP contribution in [0, 0.1) is 11.8 Å². The summed E-state index contributed by atoms with van der Waals surface area (Å²) in [5.41, 5.74) is 2.01. The van der Waals surface area contributed by atoms with Gasteiger partial charge in [0.15, 0.2) is 0 Å². The summed E-state index contributed by atoms with van der Waals surface area (Å²) in [5, 5.41) is 0.517. The van der Waals surface area contributed by atoms with Gasteiger partial charge in [-0.2, -0.15) is 0 Å². The van der Waals surface area contributed by atoms with Crippen molar-refractivity contribution in [3.63, 3.8) is 0 Å². The molecule has 2 aromatic rings. The first-order chi connectivity index (χ1) is 14.3. The lowest BCUT2D eigenvalue weighted by atomic mass is 9.92. The molecule has 2 aromatic carbocycles. The minimum absolute atomic E-state index is 0.154. The molecule has 1 aliphatic heterocycles. The number of nitrogens with zero attached hydrogens (tertiary/aromatic N) is 1. The van der Waals surface area contributed by atoms with E-state index in [-0.39, 0.29) is 10.3 Å². The Balaban J connectivity index is 1.41. The fraction of sp³-hybridized carbons (Fsp3) is 0.500. The van der Waals surface area contributed by atoms with Gasteiger partial charge in [-0.15, -0.1) is 0 Å². The van der Waals surface area contributed by atoms with Crippen LogP contribution >= 0.6 is 11.6 Å². The molecule has 6 heteroatoms. The maximum absolute atomic E-state index is 12.7. The first-order valence-electron chi connectivity index (χ1n) is 11.0. The second kappa shape index (κ2) is 8.52. The average molecular weight is 447 g/mol. The Morgan fingerprint density at radius 1 is 1.07 bits per heavy atom. The van der Waals surface area contributed by atoms with E-state index < -0.39 is 10.0 Å². The van der Waals surface area contributed by atoms with Crippen LogP contribution in [0.4, 0.5) is 5.69 Å². The van der Waals surface area contributed by atoms with Crippen LogP contribution in [0.15, 0.2) is 53.4 Å². The highest BCUT2D eigenvalue weighted by Crippen LogP contribution is 2.63. The molecule has 1 heterocycles. The highest BCUT2D eigenvalue weighted by molar-refractivity contribution is 7.92. The van der Waals surface area contributed by atoms with Gasteiger partial charge in [-0.1, -0.05) is 56.8 Å².